The largest absolute Gasteiger partial charge is 0.318 e. The molecule has 6 aromatic carbocycles. The molecule has 6 heterocycles. The maximum absolute atomic E-state index is 5.47. The Labute approximate surface area is 333 Å². The second-order valence-corrected chi connectivity index (χ2v) is 15.4. The van der Waals surface area contributed by atoms with Crippen molar-refractivity contribution in [1.82, 2.24) is 23.7 Å². The molecular weight excluding hydrogens is 709 g/mol. The Morgan fingerprint density at radius 3 is 1.24 bits per heavy atom. The van der Waals surface area contributed by atoms with E-state index in [9.17, 15) is 0 Å². The summed E-state index contributed by atoms with van der Waals surface area (Å²) in [5.41, 5.74) is 9.33. The van der Waals surface area contributed by atoms with Crippen LogP contribution in [-0.4, -0.2) is 29.7 Å². The molecule has 11 aromatic rings. The number of benzene rings is 6. The van der Waals surface area contributed by atoms with Crippen LogP contribution in [0.1, 0.15) is 11.5 Å². The monoisotopic (exact) mass is 742 g/mol. The Hall–Kier alpha value is -7.70. The van der Waals surface area contributed by atoms with Gasteiger partial charge in [0.15, 0.2) is 0 Å². The molecule has 272 valence electrons. The molecule has 2 aliphatic rings. The van der Waals surface area contributed by atoms with E-state index in [0.29, 0.717) is 0 Å². The van der Waals surface area contributed by atoms with E-state index >= 15 is 0 Å². The highest BCUT2D eigenvalue weighted by molar-refractivity contribution is 6.12. The average Bonchev–Trinajstić information content (AvgIpc) is 4.01. The summed E-state index contributed by atoms with van der Waals surface area (Å²) in [5, 5.41) is 7.28. The molecule has 5 aromatic heterocycles. The molecule has 1 aliphatic carbocycles. The Bertz CT molecular complexity index is 3450. The number of para-hydroxylation sites is 5. The van der Waals surface area contributed by atoms with Gasteiger partial charge in [0.05, 0.1) is 39.1 Å². The van der Waals surface area contributed by atoms with Crippen molar-refractivity contribution in [2.45, 2.75) is 12.0 Å². The third kappa shape index (κ3) is 4.31. The van der Waals surface area contributed by atoms with Crippen LogP contribution >= 0.6 is 0 Å². The van der Waals surface area contributed by atoms with Crippen molar-refractivity contribution in [2.75, 3.05) is 4.90 Å². The Morgan fingerprint density at radius 2 is 0.741 bits per heavy atom. The Kier molecular flexibility index (Phi) is 6.46. The van der Waals surface area contributed by atoms with Crippen LogP contribution in [0, 0.1) is 0 Å². The van der Waals surface area contributed by atoms with E-state index in [1.807, 2.05) is 0 Å². The highest BCUT2D eigenvalue weighted by atomic mass is 15.3. The van der Waals surface area contributed by atoms with Crippen LogP contribution in [0.4, 0.5) is 11.5 Å². The lowest BCUT2D eigenvalue weighted by atomic mass is 9.91. The fourth-order valence-corrected chi connectivity index (χ4v) is 9.98. The summed E-state index contributed by atoms with van der Waals surface area (Å²) in [6.07, 6.45) is 9.04. The molecule has 0 radical (unpaired) electrons. The molecule has 2 unspecified atom stereocenters. The number of aromatic nitrogens is 5. The van der Waals surface area contributed by atoms with Crippen molar-refractivity contribution < 1.29 is 0 Å². The van der Waals surface area contributed by atoms with E-state index in [4.69, 9.17) is 9.97 Å². The SMILES string of the molecule is C1=CC2c3cc4c(cc3N(c3cccc(-n5c6ccccc6c6ccccc65)n3)C2C=C1)c1ccccc1n4-c1cccc(-n2c3ccccc3c3ccccc32)n1. The lowest BCUT2D eigenvalue weighted by Crippen LogP contribution is -2.29. The quantitative estimate of drug-likeness (QED) is 0.180. The minimum Gasteiger partial charge on any atom is -0.318 e. The summed E-state index contributed by atoms with van der Waals surface area (Å²) < 4.78 is 6.95. The van der Waals surface area contributed by atoms with Crippen molar-refractivity contribution >= 4 is 76.9 Å². The van der Waals surface area contributed by atoms with Gasteiger partial charge in [-0.3, -0.25) is 13.7 Å². The number of hydrogen-bond donors (Lipinski definition) is 0. The molecule has 58 heavy (non-hydrogen) atoms. The lowest BCUT2D eigenvalue weighted by Gasteiger charge is -2.28. The molecule has 0 bridgehead atoms. The first-order chi connectivity index (χ1) is 28.8. The topological polar surface area (TPSA) is 43.8 Å². The molecule has 0 fully saturated rings. The Morgan fingerprint density at radius 1 is 0.345 bits per heavy atom. The van der Waals surface area contributed by atoms with Gasteiger partial charge in [-0.15, -0.1) is 0 Å². The van der Waals surface area contributed by atoms with E-state index in [1.165, 1.54) is 43.6 Å². The van der Waals surface area contributed by atoms with Gasteiger partial charge in [-0.1, -0.05) is 127 Å². The van der Waals surface area contributed by atoms with Gasteiger partial charge in [0.1, 0.15) is 23.3 Å². The fourth-order valence-electron chi connectivity index (χ4n) is 9.98. The third-order valence-electron chi connectivity index (χ3n) is 12.4. The summed E-state index contributed by atoms with van der Waals surface area (Å²) in [5.74, 6) is 3.77. The lowest BCUT2D eigenvalue weighted by molar-refractivity contribution is 0.737. The maximum Gasteiger partial charge on any atom is 0.140 e. The van der Waals surface area contributed by atoms with Gasteiger partial charge in [0, 0.05) is 43.9 Å². The normalized spacial score (nSPS) is 16.1. The molecule has 0 amide bonds. The van der Waals surface area contributed by atoms with Crippen LogP contribution in [0.2, 0.25) is 0 Å². The zero-order chi connectivity index (χ0) is 37.9. The minimum atomic E-state index is 0.0869. The molecule has 0 saturated heterocycles. The van der Waals surface area contributed by atoms with Crippen LogP contribution in [0.15, 0.2) is 194 Å². The predicted octanol–water partition coefficient (Wildman–Crippen LogP) is 12.5. The molecule has 13 rings (SSSR count). The van der Waals surface area contributed by atoms with Crippen molar-refractivity contribution in [3.05, 3.63) is 200 Å². The number of nitrogens with zero attached hydrogens (tertiary/aromatic N) is 6. The summed E-state index contributed by atoms with van der Waals surface area (Å²) in [6.45, 7) is 0. The van der Waals surface area contributed by atoms with Gasteiger partial charge in [0.2, 0.25) is 0 Å². The van der Waals surface area contributed by atoms with Crippen molar-refractivity contribution in [2.24, 2.45) is 0 Å². The van der Waals surface area contributed by atoms with Gasteiger partial charge in [-0.25, -0.2) is 9.97 Å². The summed E-state index contributed by atoms with van der Waals surface area (Å²) in [7, 11) is 0. The molecule has 0 spiro atoms. The summed E-state index contributed by atoms with van der Waals surface area (Å²) in [6, 6.07) is 60.9. The first-order valence-corrected chi connectivity index (χ1v) is 19.9. The fraction of sp³-hybridized carbons (Fsp3) is 0.0385. The minimum absolute atomic E-state index is 0.0869. The van der Waals surface area contributed by atoms with Gasteiger partial charge in [0.25, 0.3) is 0 Å². The standard InChI is InChI=1S/C52H34N6/c1-7-21-41-33(15-1)34-16-2-8-22-42(34)55(41)49-27-13-29-51(53-49)57-45-25-11-5-19-37(45)39-32-48-40(31-47(39)57)38-20-6-12-26-46(38)58(48)52-30-14-28-50(54-52)56-43-23-9-3-17-35(43)36-18-4-10-24-44(36)56/h1-32,37,45H. The predicted molar refractivity (Wildman–Crippen MR) is 238 cm³/mol. The maximum atomic E-state index is 5.47. The van der Waals surface area contributed by atoms with E-state index in [1.54, 1.807) is 0 Å². The first kappa shape index (κ1) is 31.5. The Balaban J connectivity index is 1.01. The molecule has 6 nitrogen and oxygen atoms in total. The number of pyridine rings is 2. The highest BCUT2D eigenvalue weighted by Crippen LogP contribution is 2.50. The van der Waals surface area contributed by atoms with Gasteiger partial charge < -0.3 is 4.90 Å². The van der Waals surface area contributed by atoms with Gasteiger partial charge in [-0.05, 0) is 72.3 Å². The number of anilines is 2. The molecule has 6 heteroatoms. The van der Waals surface area contributed by atoms with Crippen molar-refractivity contribution in [1.29, 1.82) is 0 Å². The van der Waals surface area contributed by atoms with Crippen LogP contribution in [-0.2, 0) is 0 Å². The molecular formula is C52H34N6. The van der Waals surface area contributed by atoms with Crippen LogP contribution < -0.4 is 4.90 Å². The van der Waals surface area contributed by atoms with Gasteiger partial charge >= 0.3 is 0 Å². The summed E-state index contributed by atoms with van der Waals surface area (Å²) >= 11 is 0. The van der Waals surface area contributed by atoms with Crippen LogP contribution in [0.3, 0.4) is 0 Å². The number of allylic oxidation sites excluding steroid dienone is 2. The molecule has 0 N–H and O–H groups in total. The smallest absolute Gasteiger partial charge is 0.140 e. The van der Waals surface area contributed by atoms with Crippen LogP contribution in [0.25, 0.3) is 82.9 Å². The molecule has 2 atom stereocenters. The second kappa shape index (κ2) is 11.9. The number of hydrogen-bond acceptors (Lipinski definition) is 3. The van der Waals surface area contributed by atoms with Crippen molar-refractivity contribution in [3.63, 3.8) is 0 Å². The third-order valence-corrected chi connectivity index (χ3v) is 12.4. The zero-order valence-corrected chi connectivity index (χ0v) is 31.3. The second-order valence-electron chi connectivity index (χ2n) is 15.4. The van der Waals surface area contributed by atoms with E-state index in [2.05, 4.69) is 213 Å². The average molecular weight is 743 g/mol. The first-order valence-electron chi connectivity index (χ1n) is 19.9. The summed E-state index contributed by atoms with van der Waals surface area (Å²) in [4.78, 5) is 13.4. The highest BCUT2D eigenvalue weighted by Gasteiger charge is 2.39. The van der Waals surface area contributed by atoms with E-state index < -0.39 is 0 Å². The van der Waals surface area contributed by atoms with Crippen molar-refractivity contribution in [3.8, 4) is 17.5 Å². The van der Waals surface area contributed by atoms with Crippen LogP contribution in [0.5, 0.6) is 0 Å². The van der Waals surface area contributed by atoms with E-state index in [-0.39, 0.29) is 12.0 Å². The molecule has 0 saturated carbocycles. The number of fused-ring (bicyclic) bond motifs is 12. The number of rotatable bonds is 4. The zero-order valence-electron chi connectivity index (χ0n) is 31.3. The van der Waals surface area contributed by atoms with Gasteiger partial charge in [-0.2, -0.15) is 0 Å². The molecule has 1 aliphatic heterocycles. The van der Waals surface area contributed by atoms with E-state index in [0.717, 1.165) is 56.4 Å².